The van der Waals surface area contributed by atoms with Gasteiger partial charge in [0.05, 0.1) is 5.39 Å². The molecule has 2 aromatic heterocycles. The standard InChI is InChI=1S/C25H14BrClO4/c1-13-11-20(28)31-24-18(13)9-10-19-22(24)21(14-5-7-16(26)8-6-14)25(30-19)23(29)15-3-2-4-17(27)12-15/h2-12H,1H3. The first-order valence-electron chi connectivity index (χ1n) is 9.48. The highest BCUT2D eigenvalue weighted by atomic mass is 79.9. The predicted octanol–water partition coefficient (Wildman–Crippen LogP) is 7.16. The second kappa shape index (κ2) is 7.52. The monoisotopic (exact) mass is 492 g/mol. The van der Waals surface area contributed by atoms with E-state index in [-0.39, 0.29) is 11.5 Å². The van der Waals surface area contributed by atoms with E-state index >= 15 is 0 Å². The summed E-state index contributed by atoms with van der Waals surface area (Å²) in [7, 11) is 0. The smallest absolute Gasteiger partial charge is 0.336 e. The van der Waals surface area contributed by atoms with Crippen molar-refractivity contribution >= 4 is 55.3 Å². The van der Waals surface area contributed by atoms with Crippen LogP contribution < -0.4 is 5.63 Å². The molecule has 2 heterocycles. The largest absolute Gasteiger partial charge is 0.452 e. The van der Waals surface area contributed by atoms with Crippen LogP contribution in [0.4, 0.5) is 0 Å². The summed E-state index contributed by atoms with van der Waals surface area (Å²) >= 11 is 9.55. The Hall–Kier alpha value is -3.15. The van der Waals surface area contributed by atoms with Crippen molar-refractivity contribution in [1.29, 1.82) is 0 Å². The Kier molecular flexibility index (Phi) is 4.80. The fraction of sp³-hybridized carbons (Fsp3) is 0.0400. The maximum absolute atomic E-state index is 13.4. The highest BCUT2D eigenvalue weighted by Crippen LogP contribution is 2.40. The second-order valence-corrected chi connectivity index (χ2v) is 8.57. The maximum atomic E-state index is 13.4. The molecule has 3 aromatic carbocycles. The zero-order chi connectivity index (χ0) is 21.7. The van der Waals surface area contributed by atoms with Crippen LogP contribution in [0.25, 0.3) is 33.1 Å². The van der Waals surface area contributed by atoms with Crippen molar-refractivity contribution in [1.82, 2.24) is 0 Å². The summed E-state index contributed by atoms with van der Waals surface area (Å²) in [5.41, 5.74) is 2.95. The van der Waals surface area contributed by atoms with Crippen LogP contribution in [0.2, 0.25) is 5.02 Å². The summed E-state index contributed by atoms with van der Waals surface area (Å²) in [5, 5.41) is 1.83. The van der Waals surface area contributed by atoms with Gasteiger partial charge in [0.2, 0.25) is 5.78 Å². The van der Waals surface area contributed by atoms with Crippen LogP contribution in [0.15, 0.2) is 84.8 Å². The molecule has 4 nitrogen and oxygen atoms in total. The van der Waals surface area contributed by atoms with E-state index in [9.17, 15) is 9.59 Å². The second-order valence-electron chi connectivity index (χ2n) is 7.22. The number of ketones is 1. The molecule has 0 aliphatic rings. The Bertz CT molecular complexity index is 1540. The van der Waals surface area contributed by atoms with Crippen molar-refractivity contribution in [2.45, 2.75) is 6.92 Å². The third-order valence-corrected chi connectivity index (χ3v) is 5.96. The van der Waals surface area contributed by atoms with E-state index in [0.29, 0.717) is 32.7 Å². The zero-order valence-electron chi connectivity index (χ0n) is 16.2. The number of benzene rings is 3. The number of halogens is 2. The number of hydrogen-bond acceptors (Lipinski definition) is 4. The fourth-order valence-electron chi connectivity index (χ4n) is 3.77. The number of carbonyl (C=O) groups excluding carboxylic acids is 1. The van der Waals surface area contributed by atoms with Crippen molar-refractivity contribution < 1.29 is 13.6 Å². The number of carbonyl (C=O) groups is 1. The molecule has 0 aliphatic heterocycles. The van der Waals surface area contributed by atoms with Crippen molar-refractivity contribution in [2.75, 3.05) is 0 Å². The first kappa shape index (κ1) is 19.8. The average Bonchev–Trinajstić information content (AvgIpc) is 3.14. The minimum absolute atomic E-state index is 0.163. The number of furan rings is 1. The fourth-order valence-corrected chi connectivity index (χ4v) is 4.23. The normalized spacial score (nSPS) is 11.3. The molecule has 5 rings (SSSR count). The van der Waals surface area contributed by atoms with Crippen molar-refractivity contribution in [3.63, 3.8) is 0 Å². The molecule has 0 saturated carbocycles. The third-order valence-electron chi connectivity index (χ3n) is 5.20. The number of rotatable bonds is 3. The lowest BCUT2D eigenvalue weighted by Crippen LogP contribution is -2.02. The summed E-state index contributed by atoms with van der Waals surface area (Å²) < 4.78 is 12.6. The Morgan fingerprint density at radius 3 is 2.48 bits per heavy atom. The molecular weight excluding hydrogens is 480 g/mol. The Balaban J connectivity index is 1.90. The van der Waals surface area contributed by atoms with Gasteiger partial charge in [-0.25, -0.2) is 4.79 Å². The van der Waals surface area contributed by atoms with Crippen molar-refractivity contribution in [3.8, 4) is 11.1 Å². The molecule has 0 unspecified atom stereocenters. The summed E-state index contributed by atoms with van der Waals surface area (Å²) in [5.74, 6) is -0.143. The third kappa shape index (κ3) is 3.40. The van der Waals surface area contributed by atoms with Gasteiger partial charge in [-0.15, -0.1) is 0 Å². The molecule has 6 heteroatoms. The highest BCUT2D eigenvalue weighted by molar-refractivity contribution is 9.10. The quantitative estimate of drug-likeness (QED) is 0.198. The molecule has 0 bridgehead atoms. The Morgan fingerprint density at radius 1 is 0.968 bits per heavy atom. The molecule has 0 spiro atoms. The van der Waals surface area contributed by atoms with Gasteiger partial charge in [0.15, 0.2) is 5.76 Å². The number of fused-ring (bicyclic) bond motifs is 3. The Labute approximate surface area is 190 Å². The summed E-state index contributed by atoms with van der Waals surface area (Å²) in [6.07, 6.45) is 0. The molecule has 0 amide bonds. The molecule has 0 atom stereocenters. The lowest BCUT2D eigenvalue weighted by atomic mass is 9.96. The van der Waals surface area contributed by atoms with Crippen LogP contribution >= 0.6 is 27.5 Å². The lowest BCUT2D eigenvalue weighted by molar-refractivity contribution is 0.101. The number of hydrogen-bond donors (Lipinski definition) is 0. The summed E-state index contributed by atoms with van der Waals surface area (Å²) in [6.45, 7) is 1.85. The molecule has 0 N–H and O–H groups in total. The van der Waals surface area contributed by atoms with E-state index in [4.69, 9.17) is 20.4 Å². The first-order chi connectivity index (χ1) is 14.9. The molecule has 0 aliphatic carbocycles. The van der Waals surface area contributed by atoms with Crippen LogP contribution in [0, 0.1) is 6.92 Å². The SMILES string of the molecule is Cc1cc(=O)oc2c1ccc1oc(C(=O)c3cccc(Cl)c3)c(-c3ccc(Br)cc3)c12. The van der Waals surface area contributed by atoms with Gasteiger partial charge in [0.25, 0.3) is 0 Å². The molecule has 5 aromatic rings. The average molecular weight is 494 g/mol. The van der Waals surface area contributed by atoms with Gasteiger partial charge in [0, 0.05) is 32.1 Å². The molecule has 152 valence electrons. The molecule has 0 saturated heterocycles. The van der Waals surface area contributed by atoms with E-state index in [1.807, 2.05) is 37.3 Å². The van der Waals surface area contributed by atoms with Crippen molar-refractivity contribution in [3.05, 3.63) is 104 Å². The molecule has 31 heavy (non-hydrogen) atoms. The van der Waals surface area contributed by atoms with E-state index < -0.39 is 5.63 Å². The topological polar surface area (TPSA) is 60.4 Å². The Morgan fingerprint density at radius 2 is 1.74 bits per heavy atom. The van der Waals surface area contributed by atoms with Crippen molar-refractivity contribution in [2.24, 2.45) is 0 Å². The predicted molar refractivity (Wildman–Crippen MR) is 125 cm³/mol. The lowest BCUT2D eigenvalue weighted by Gasteiger charge is -2.06. The number of aryl methyl sites for hydroxylation is 1. The molecule has 0 fully saturated rings. The van der Waals surface area contributed by atoms with Gasteiger partial charge in [-0.05, 0) is 54.4 Å². The van der Waals surface area contributed by atoms with Gasteiger partial charge in [0.1, 0.15) is 11.2 Å². The summed E-state index contributed by atoms with van der Waals surface area (Å²) in [4.78, 5) is 25.6. The minimum atomic E-state index is -0.455. The zero-order valence-corrected chi connectivity index (χ0v) is 18.6. The van der Waals surface area contributed by atoms with E-state index in [1.165, 1.54) is 6.07 Å². The van der Waals surface area contributed by atoms with Gasteiger partial charge in [-0.1, -0.05) is 51.8 Å². The van der Waals surface area contributed by atoms with E-state index in [0.717, 1.165) is 21.0 Å². The minimum Gasteiger partial charge on any atom is -0.452 e. The molecule has 0 radical (unpaired) electrons. The van der Waals surface area contributed by atoms with E-state index in [1.54, 1.807) is 30.3 Å². The van der Waals surface area contributed by atoms with Crippen LogP contribution in [0.3, 0.4) is 0 Å². The first-order valence-corrected chi connectivity index (χ1v) is 10.7. The molecular formula is C25H14BrClO4. The highest BCUT2D eigenvalue weighted by Gasteiger charge is 2.26. The van der Waals surface area contributed by atoms with Crippen LogP contribution in [-0.2, 0) is 0 Å². The van der Waals surface area contributed by atoms with Crippen LogP contribution in [0.1, 0.15) is 21.7 Å². The summed E-state index contributed by atoms with van der Waals surface area (Å²) in [6, 6.07) is 19.3. The van der Waals surface area contributed by atoms with Gasteiger partial charge < -0.3 is 8.83 Å². The van der Waals surface area contributed by atoms with Crippen LogP contribution in [-0.4, -0.2) is 5.78 Å². The van der Waals surface area contributed by atoms with Gasteiger partial charge >= 0.3 is 5.63 Å². The van der Waals surface area contributed by atoms with Crippen LogP contribution in [0.5, 0.6) is 0 Å². The van der Waals surface area contributed by atoms with Gasteiger partial charge in [-0.2, -0.15) is 0 Å². The van der Waals surface area contributed by atoms with E-state index in [2.05, 4.69) is 15.9 Å². The maximum Gasteiger partial charge on any atom is 0.336 e. The van der Waals surface area contributed by atoms with Gasteiger partial charge in [-0.3, -0.25) is 4.79 Å².